The summed E-state index contributed by atoms with van der Waals surface area (Å²) in [5.74, 6) is 1.07. The van der Waals surface area contributed by atoms with E-state index < -0.39 is 0 Å². The fraction of sp³-hybridized carbons (Fsp3) is 0.600. The fourth-order valence-corrected chi connectivity index (χ4v) is 3.68. The van der Waals surface area contributed by atoms with Crippen molar-refractivity contribution in [3.63, 3.8) is 0 Å². The molecule has 2 fully saturated rings. The van der Waals surface area contributed by atoms with E-state index in [4.69, 9.17) is 4.74 Å². The summed E-state index contributed by atoms with van der Waals surface area (Å²) < 4.78 is 5.48. The predicted molar refractivity (Wildman–Crippen MR) is 100 cm³/mol. The number of benzene rings is 1. The second-order valence-electron chi connectivity index (χ2n) is 7.16. The van der Waals surface area contributed by atoms with Crippen LogP contribution in [0.1, 0.15) is 30.1 Å². The number of likely N-dealkylation sites (tertiary alicyclic amines) is 1. The summed E-state index contributed by atoms with van der Waals surface area (Å²) in [4.78, 5) is 31.6. The lowest BCUT2D eigenvalue weighted by atomic mass is 9.94. The Kier molecular flexibility index (Phi) is 6.14. The number of amides is 2. The van der Waals surface area contributed by atoms with Gasteiger partial charge in [-0.25, -0.2) is 0 Å². The smallest absolute Gasteiger partial charge is 0.253 e. The number of hydrogen-bond donors (Lipinski definition) is 0. The molecule has 6 heteroatoms. The summed E-state index contributed by atoms with van der Waals surface area (Å²) in [7, 11) is 2.09. The Balaban J connectivity index is 1.54. The van der Waals surface area contributed by atoms with E-state index in [1.165, 1.54) is 0 Å². The third-order valence-electron chi connectivity index (χ3n) is 5.34. The normalized spacial score (nSPS) is 19.5. The van der Waals surface area contributed by atoms with E-state index in [0.29, 0.717) is 25.3 Å². The quantitative estimate of drug-likeness (QED) is 0.821. The molecule has 2 amide bonds. The van der Waals surface area contributed by atoms with Crippen LogP contribution in [0.15, 0.2) is 24.3 Å². The van der Waals surface area contributed by atoms with E-state index in [-0.39, 0.29) is 17.7 Å². The van der Waals surface area contributed by atoms with E-state index in [0.717, 1.165) is 44.8 Å². The van der Waals surface area contributed by atoms with Gasteiger partial charge in [-0.1, -0.05) is 6.07 Å². The van der Waals surface area contributed by atoms with Crippen LogP contribution in [0, 0.1) is 5.92 Å². The Bertz CT molecular complexity index is 633. The van der Waals surface area contributed by atoms with Crippen LogP contribution < -0.4 is 4.74 Å². The van der Waals surface area contributed by atoms with Crippen molar-refractivity contribution in [2.75, 3.05) is 52.9 Å². The zero-order chi connectivity index (χ0) is 18.5. The standard InChI is InChI=1S/C20H29N3O3/c1-3-26-18-6-4-5-17(15-18)20(25)22-9-7-16(8-10-22)19(24)23-13-11-21(2)12-14-23/h4-6,15-16H,3,7-14H2,1-2H3. The van der Waals surface area contributed by atoms with Gasteiger partial charge in [0.2, 0.25) is 5.91 Å². The molecule has 0 aliphatic carbocycles. The fourth-order valence-electron chi connectivity index (χ4n) is 3.68. The second kappa shape index (κ2) is 8.54. The van der Waals surface area contributed by atoms with Gasteiger partial charge in [0, 0.05) is 50.7 Å². The van der Waals surface area contributed by atoms with Gasteiger partial charge in [-0.3, -0.25) is 9.59 Å². The number of carbonyl (C=O) groups excluding carboxylic acids is 2. The highest BCUT2D eigenvalue weighted by molar-refractivity contribution is 5.94. The van der Waals surface area contributed by atoms with Gasteiger partial charge < -0.3 is 19.4 Å². The lowest BCUT2D eigenvalue weighted by Gasteiger charge is -2.37. The van der Waals surface area contributed by atoms with E-state index >= 15 is 0 Å². The SMILES string of the molecule is CCOc1cccc(C(=O)N2CCC(C(=O)N3CCN(C)CC3)CC2)c1. The average Bonchev–Trinajstić information content (AvgIpc) is 2.68. The molecule has 0 unspecified atom stereocenters. The molecule has 26 heavy (non-hydrogen) atoms. The molecule has 142 valence electrons. The van der Waals surface area contributed by atoms with Crippen molar-refractivity contribution in [2.24, 2.45) is 5.92 Å². The minimum Gasteiger partial charge on any atom is -0.494 e. The lowest BCUT2D eigenvalue weighted by Crippen LogP contribution is -2.51. The van der Waals surface area contributed by atoms with Crippen molar-refractivity contribution < 1.29 is 14.3 Å². The van der Waals surface area contributed by atoms with Crippen LogP contribution in [-0.2, 0) is 4.79 Å². The summed E-state index contributed by atoms with van der Waals surface area (Å²) in [6.07, 6.45) is 1.50. The van der Waals surface area contributed by atoms with Crippen molar-refractivity contribution in [1.29, 1.82) is 0 Å². The zero-order valence-electron chi connectivity index (χ0n) is 15.8. The van der Waals surface area contributed by atoms with Gasteiger partial charge in [0.15, 0.2) is 0 Å². The number of carbonyl (C=O) groups is 2. The molecule has 3 rings (SSSR count). The third-order valence-corrected chi connectivity index (χ3v) is 5.34. The average molecular weight is 359 g/mol. The Morgan fingerprint density at radius 2 is 1.73 bits per heavy atom. The first kappa shape index (κ1) is 18.7. The topological polar surface area (TPSA) is 53.1 Å². The molecule has 0 aromatic heterocycles. The van der Waals surface area contributed by atoms with Gasteiger partial charge in [0.1, 0.15) is 5.75 Å². The Morgan fingerprint density at radius 3 is 2.38 bits per heavy atom. The molecule has 0 N–H and O–H groups in total. The van der Waals surface area contributed by atoms with Crippen LogP contribution in [0.5, 0.6) is 5.75 Å². The third kappa shape index (κ3) is 4.36. The number of ether oxygens (including phenoxy) is 1. The zero-order valence-corrected chi connectivity index (χ0v) is 15.8. The highest BCUT2D eigenvalue weighted by atomic mass is 16.5. The minimum atomic E-state index is 0.0250. The lowest BCUT2D eigenvalue weighted by molar-refractivity contribution is -0.138. The van der Waals surface area contributed by atoms with Gasteiger partial charge in [-0.15, -0.1) is 0 Å². The Hall–Kier alpha value is -2.08. The predicted octanol–water partition coefficient (Wildman–Crippen LogP) is 1.71. The van der Waals surface area contributed by atoms with Gasteiger partial charge in [0.05, 0.1) is 6.61 Å². The number of likely N-dealkylation sites (N-methyl/N-ethyl adjacent to an activating group) is 1. The summed E-state index contributed by atoms with van der Waals surface area (Å²) in [6.45, 7) is 7.31. The van der Waals surface area contributed by atoms with Crippen LogP contribution in [-0.4, -0.2) is 79.4 Å². The summed E-state index contributed by atoms with van der Waals surface area (Å²) in [5.41, 5.74) is 0.653. The van der Waals surface area contributed by atoms with Crippen LogP contribution in [0.3, 0.4) is 0 Å². The first-order valence-corrected chi connectivity index (χ1v) is 9.58. The van der Waals surface area contributed by atoms with E-state index in [2.05, 4.69) is 11.9 Å². The molecule has 0 saturated carbocycles. The van der Waals surface area contributed by atoms with E-state index in [1.807, 2.05) is 34.9 Å². The number of rotatable bonds is 4. The molecule has 2 saturated heterocycles. The van der Waals surface area contributed by atoms with Crippen molar-refractivity contribution >= 4 is 11.8 Å². The second-order valence-corrected chi connectivity index (χ2v) is 7.16. The number of hydrogen-bond acceptors (Lipinski definition) is 4. The molecule has 6 nitrogen and oxygen atoms in total. The van der Waals surface area contributed by atoms with Gasteiger partial charge in [-0.2, -0.15) is 0 Å². The first-order chi connectivity index (χ1) is 12.6. The highest BCUT2D eigenvalue weighted by Gasteiger charge is 2.31. The molecule has 0 bridgehead atoms. The number of nitrogens with zero attached hydrogens (tertiary/aromatic N) is 3. The molecule has 0 atom stereocenters. The maximum Gasteiger partial charge on any atom is 0.253 e. The summed E-state index contributed by atoms with van der Waals surface area (Å²) in [5, 5.41) is 0. The molecule has 1 aromatic rings. The van der Waals surface area contributed by atoms with E-state index in [9.17, 15) is 9.59 Å². The van der Waals surface area contributed by atoms with Gasteiger partial charge in [0.25, 0.3) is 5.91 Å². The summed E-state index contributed by atoms with van der Waals surface area (Å²) in [6, 6.07) is 7.34. The summed E-state index contributed by atoms with van der Waals surface area (Å²) >= 11 is 0. The van der Waals surface area contributed by atoms with Crippen LogP contribution in [0.25, 0.3) is 0 Å². The number of piperazine rings is 1. The molecule has 0 spiro atoms. The molecule has 1 aromatic carbocycles. The number of piperidine rings is 1. The van der Waals surface area contributed by atoms with Crippen molar-refractivity contribution in [2.45, 2.75) is 19.8 Å². The highest BCUT2D eigenvalue weighted by Crippen LogP contribution is 2.23. The van der Waals surface area contributed by atoms with E-state index in [1.54, 1.807) is 6.07 Å². The van der Waals surface area contributed by atoms with Crippen LogP contribution in [0.2, 0.25) is 0 Å². The minimum absolute atomic E-state index is 0.0250. The Labute approximate surface area is 155 Å². The molecular weight excluding hydrogens is 330 g/mol. The molecule has 0 radical (unpaired) electrons. The molecular formula is C20H29N3O3. The Morgan fingerprint density at radius 1 is 1.04 bits per heavy atom. The van der Waals surface area contributed by atoms with Gasteiger partial charge in [-0.05, 0) is 45.0 Å². The maximum absolute atomic E-state index is 12.7. The largest absolute Gasteiger partial charge is 0.494 e. The van der Waals surface area contributed by atoms with Gasteiger partial charge >= 0.3 is 0 Å². The van der Waals surface area contributed by atoms with Crippen molar-refractivity contribution in [1.82, 2.24) is 14.7 Å². The van der Waals surface area contributed by atoms with Crippen LogP contribution >= 0.6 is 0 Å². The van der Waals surface area contributed by atoms with Crippen LogP contribution in [0.4, 0.5) is 0 Å². The first-order valence-electron chi connectivity index (χ1n) is 9.58. The molecule has 2 aliphatic rings. The molecule has 2 aliphatic heterocycles. The maximum atomic E-state index is 12.7. The van der Waals surface area contributed by atoms with Crippen molar-refractivity contribution in [3.05, 3.63) is 29.8 Å². The van der Waals surface area contributed by atoms with Crippen molar-refractivity contribution in [3.8, 4) is 5.75 Å². The molecule has 2 heterocycles. The monoisotopic (exact) mass is 359 g/mol.